The number of hydrogen-bond acceptors (Lipinski definition) is 3. The van der Waals surface area contributed by atoms with Gasteiger partial charge in [0.2, 0.25) is 0 Å². The van der Waals surface area contributed by atoms with Gasteiger partial charge in [-0.05, 0) is 36.9 Å². The molecule has 106 valence electrons. The Balaban J connectivity index is 1.86. The van der Waals surface area contributed by atoms with Gasteiger partial charge in [0.25, 0.3) is 0 Å². The maximum absolute atomic E-state index is 5.89. The van der Waals surface area contributed by atoms with Gasteiger partial charge in [-0.15, -0.1) is 0 Å². The largest absolute Gasteiger partial charge is 0.456 e. The van der Waals surface area contributed by atoms with Crippen molar-refractivity contribution in [2.45, 2.75) is 6.54 Å². The second-order valence-corrected chi connectivity index (χ2v) is 5.60. The predicted molar refractivity (Wildman–Crippen MR) is 88.7 cm³/mol. The number of aromatic nitrogens is 1. The van der Waals surface area contributed by atoms with Crippen molar-refractivity contribution < 1.29 is 4.74 Å². The number of ether oxygens (including phenoxy) is 1. The summed E-state index contributed by atoms with van der Waals surface area (Å²) in [5.74, 6) is 1.53. The second kappa shape index (κ2) is 6.24. The summed E-state index contributed by atoms with van der Waals surface area (Å²) in [6, 6.07) is 16.0. The third-order valence-corrected chi connectivity index (χ3v) is 3.93. The number of para-hydroxylation sites is 1. The van der Waals surface area contributed by atoms with Crippen molar-refractivity contribution in [1.29, 1.82) is 0 Å². The van der Waals surface area contributed by atoms with E-state index in [-0.39, 0.29) is 0 Å². The zero-order chi connectivity index (χ0) is 14.7. The van der Waals surface area contributed by atoms with Crippen LogP contribution in [0.2, 0.25) is 0 Å². The summed E-state index contributed by atoms with van der Waals surface area (Å²) in [6.45, 7) is 0.818. The van der Waals surface area contributed by atoms with Gasteiger partial charge in [-0.2, -0.15) is 0 Å². The number of hydrogen-bond donors (Lipinski definition) is 1. The van der Waals surface area contributed by atoms with Crippen LogP contribution in [0, 0.1) is 0 Å². The van der Waals surface area contributed by atoms with Gasteiger partial charge in [0.05, 0.1) is 11.7 Å². The molecule has 0 amide bonds. The molecule has 0 bridgehead atoms. The summed E-state index contributed by atoms with van der Waals surface area (Å²) < 4.78 is 6.92. The molecule has 0 atom stereocenters. The number of fused-ring (bicyclic) bond motifs is 1. The molecule has 1 N–H and O–H groups in total. The minimum atomic E-state index is 0.738. The van der Waals surface area contributed by atoms with Crippen molar-refractivity contribution in [3.63, 3.8) is 0 Å². The van der Waals surface area contributed by atoms with E-state index in [1.807, 2.05) is 55.6 Å². The van der Waals surface area contributed by atoms with Crippen LogP contribution in [0.15, 0.2) is 59.2 Å². The molecule has 1 heterocycles. The molecule has 0 saturated carbocycles. The average Bonchev–Trinajstić information content (AvgIpc) is 2.50. The first kappa shape index (κ1) is 14.0. The third-order valence-electron chi connectivity index (χ3n) is 3.19. The molecule has 3 nitrogen and oxygen atoms in total. The van der Waals surface area contributed by atoms with Gasteiger partial charge in [-0.1, -0.05) is 40.2 Å². The van der Waals surface area contributed by atoms with Crippen molar-refractivity contribution in [2.24, 2.45) is 0 Å². The van der Waals surface area contributed by atoms with E-state index in [0.717, 1.165) is 33.4 Å². The van der Waals surface area contributed by atoms with Gasteiger partial charge in [0.1, 0.15) is 11.5 Å². The van der Waals surface area contributed by atoms with Crippen LogP contribution in [0.5, 0.6) is 11.5 Å². The van der Waals surface area contributed by atoms with Crippen molar-refractivity contribution in [1.82, 2.24) is 10.3 Å². The highest BCUT2D eigenvalue weighted by Crippen LogP contribution is 2.28. The van der Waals surface area contributed by atoms with Crippen LogP contribution in [0.1, 0.15) is 5.56 Å². The van der Waals surface area contributed by atoms with Crippen LogP contribution in [-0.4, -0.2) is 12.0 Å². The Kier molecular flexibility index (Phi) is 4.18. The quantitative estimate of drug-likeness (QED) is 0.757. The molecule has 0 aliphatic heterocycles. The SMILES string of the molecule is CNCc1ccc(Oc2cnc3ccccc3c2)cc1Br. The zero-order valence-corrected chi connectivity index (χ0v) is 13.2. The Morgan fingerprint density at radius 3 is 2.76 bits per heavy atom. The van der Waals surface area contributed by atoms with Crippen LogP contribution in [0.4, 0.5) is 0 Å². The predicted octanol–water partition coefficient (Wildman–Crippen LogP) is 4.51. The van der Waals surface area contributed by atoms with E-state index in [2.05, 4.69) is 26.2 Å². The van der Waals surface area contributed by atoms with E-state index in [1.54, 1.807) is 6.20 Å². The summed E-state index contributed by atoms with van der Waals surface area (Å²) in [5, 5.41) is 4.20. The monoisotopic (exact) mass is 342 g/mol. The van der Waals surface area contributed by atoms with Gasteiger partial charge in [0.15, 0.2) is 0 Å². The number of nitrogens with one attached hydrogen (secondary N) is 1. The zero-order valence-electron chi connectivity index (χ0n) is 11.6. The number of pyridine rings is 1. The van der Waals surface area contributed by atoms with Gasteiger partial charge in [-0.3, -0.25) is 4.98 Å². The number of benzene rings is 2. The summed E-state index contributed by atoms with van der Waals surface area (Å²) in [5.41, 5.74) is 2.16. The Bertz CT molecular complexity index is 774. The van der Waals surface area contributed by atoms with Crippen molar-refractivity contribution in [3.05, 3.63) is 64.8 Å². The molecular weight excluding hydrogens is 328 g/mol. The van der Waals surface area contributed by atoms with Gasteiger partial charge in [0, 0.05) is 16.4 Å². The second-order valence-electron chi connectivity index (χ2n) is 4.75. The molecule has 0 unspecified atom stereocenters. The molecule has 0 radical (unpaired) electrons. The number of halogens is 1. The van der Waals surface area contributed by atoms with Crippen LogP contribution >= 0.6 is 15.9 Å². The molecule has 4 heteroatoms. The lowest BCUT2D eigenvalue weighted by Crippen LogP contribution is -2.05. The van der Waals surface area contributed by atoms with Gasteiger partial charge < -0.3 is 10.1 Å². The molecule has 21 heavy (non-hydrogen) atoms. The maximum atomic E-state index is 5.89. The van der Waals surface area contributed by atoms with Crippen molar-refractivity contribution >= 4 is 26.8 Å². The first-order chi connectivity index (χ1) is 10.3. The summed E-state index contributed by atoms with van der Waals surface area (Å²) in [7, 11) is 1.93. The molecule has 2 aromatic carbocycles. The molecule has 3 aromatic rings. The minimum absolute atomic E-state index is 0.738. The molecule has 0 saturated heterocycles. The highest BCUT2D eigenvalue weighted by atomic mass is 79.9. The lowest BCUT2D eigenvalue weighted by molar-refractivity contribution is 0.480. The third kappa shape index (κ3) is 3.23. The van der Waals surface area contributed by atoms with E-state index >= 15 is 0 Å². The highest BCUT2D eigenvalue weighted by Gasteiger charge is 2.04. The average molecular weight is 343 g/mol. The Morgan fingerprint density at radius 1 is 1.10 bits per heavy atom. The topological polar surface area (TPSA) is 34.1 Å². The number of rotatable bonds is 4. The first-order valence-corrected chi connectivity index (χ1v) is 7.51. The van der Waals surface area contributed by atoms with Crippen LogP contribution < -0.4 is 10.1 Å². The highest BCUT2D eigenvalue weighted by molar-refractivity contribution is 9.10. The summed E-state index contributed by atoms with van der Waals surface area (Å²) in [6.07, 6.45) is 1.75. The van der Waals surface area contributed by atoms with Crippen LogP contribution in [0.25, 0.3) is 10.9 Å². The smallest absolute Gasteiger partial charge is 0.146 e. The summed E-state index contributed by atoms with van der Waals surface area (Å²) in [4.78, 5) is 4.40. The Morgan fingerprint density at radius 2 is 1.95 bits per heavy atom. The summed E-state index contributed by atoms with van der Waals surface area (Å²) >= 11 is 3.57. The molecule has 1 aromatic heterocycles. The Labute approximate surface area is 132 Å². The van der Waals surface area contributed by atoms with Crippen molar-refractivity contribution in [2.75, 3.05) is 7.05 Å². The van der Waals surface area contributed by atoms with Crippen LogP contribution in [-0.2, 0) is 6.54 Å². The maximum Gasteiger partial charge on any atom is 0.146 e. The lowest BCUT2D eigenvalue weighted by atomic mass is 10.2. The fourth-order valence-electron chi connectivity index (χ4n) is 2.17. The first-order valence-electron chi connectivity index (χ1n) is 6.72. The van der Waals surface area contributed by atoms with Gasteiger partial charge >= 0.3 is 0 Å². The molecule has 0 aliphatic carbocycles. The molecular formula is C17H15BrN2O. The standard InChI is InChI=1S/C17H15BrN2O/c1-19-10-13-6-7-14(9-16(13)18)21-15-8-12-4-2-3-5-17(12)20-11-15/h2-9,11,19H,10H2,1H3. The van der Waals surface area contributed by atoms with E-state index < -0.39 is 0 Å². The normalized spacial score (nSPS) is 10.8. The van der Waals surface area contributed by atoms with E-state index in [9.17, 15) is 0 Å². The molecule has 0 spiro atoms. The fraction of sp³-hybridized carbons (Fsp3) is 0.118. The minimum Gasteiger partial charge on any atom is -0.456 e. The Hall–Kier alpha value is -1.91. The van der Waals surface area contributed by atoms with Gasteiger partial charge in [-0.25, -0.2) is 0 Å². The molecule has 0 aliphatic rings. The number of nitrogens with zero attached hydrogens (tertiary/aromatic N) is 1. The van der Waals surface area contributed by atoms with E-state index in [1.165, 1.54) is 5.56 Å². The lowest BCUT2D eigenvalue weighted by Gasteiger charge is -2.09. The molecule has 3 rings (SSSR count). The van der Waals surface area contributed by atoms with E-state index in [4.69, 9.17) is 4.74 Å². The van der Waals surface area contributed by atoms with Crippen LogP contribution in [0.3, 0.4) is 0 Å². The van der Waals surface area contributed by atoms with Crippen molar-refractivity contribution in [3.8, 4) is 11.5 Å². The molecule has 0 fully saturated rings. The fourth-order valence-corrected chi connectivity index (χ4v) is 2.67. The van der Waals surface area contributed by atoms with E-state index in [0.29, 0.717) is 0 Å².